The monoisotopic (exact) mass is 325 g/mol. The molecule has 1 rings (SSSR count). The number of hydrogen-bond acceptors (Lipinski definition) is 3. The van der Waals surface area contributed by atoms with Crippen LogP contribution in [0.1, 0.15) is 32.3 Å². The fourth-order valence-corrected chi connectivity index (χ4v) is 2.85. The molecule has 1 aromatic carbocycles. The highest BCUT2D eigenvalue weighted by atomic mass is 32.2. The number of benzene rings is 1. The van der Waals surface area contributed by atoms with Gasteiger partial charge in [-0.2, -0.15) is 0 Å². The van der Waals surface area contributed by atoms with Gasteiger partial charge >= 0.3 is 0 Å². The van der Waals surface area contributed by atoms with Gasteiger partial charge in [0.05, 0.1) is 11.2 Å². The molecule has 1 N–H and O–H groups in total. The first kappa shape index (κ1) is 18.6. The van der Waals surface area contributed by atoms with Crippen molar-refractivity contribution in [1.82, 2.24) is 9.62 Å². The van der Waals surface area contributed by atoms with Crippen molar-refractivity contribution in [2.24, 2.45) is 4.99 Å². The molecule has 0 saturated carbocycles. The van der Waals surface area contributed by atoms with Gasteiger partial charge in [0.25, 0.3) is 0 Å². The quantitative estimate of drug-likeness (QED) is 0.431. The zero-order valence-corrected chi connectivity index (χ0v) is 14.7. The Morgan fingerprint density at radius 3 is 2.55 bits per heavy atom. The van der Waals surface area contributed by atoms with Crippen LogP contribution in [0, 0.1) is 6.92 Å². The van der Waals surface area contributed by atoms with E-state index in [1.165, 1.54) is 0 Å². The molecule has 0 aliphatic rings. The van der Waals surface area contributed by atoms with E-state index in [1.54, 1.807) is 30.6 Å². The number of sulfonamides is 1. The summed E-state index contributed by atoms with van der Waals surface area (Å²) in [5, 5.41) is 0. The molecule has 0 bridgehead atoms. The second kappa shape index (κ2) is 8.90. The third-order valence-electron chi connectivity index (χ3n) is 3.50. The van der Waals surface area contributed by atoms with Crippen LogP contribution >= 0.6 is 0 Å². The molecular weight excluding hydrogens is 298 g/mol. The van der Waals surface area contributed by atoms with Gasteiger partial charge in [-0.25, -0.2) is 13.1 Å². The maximum atomic E-state index is 12.2. The molecule has 0 saturated heterocycles. The molecule has 0 aromatic heterocycles. The minimum atomic E-state index is -3.46. The number of aryl methyl sites for hydroxylation is 1. The molecular formula is C16H27N3O2S. The highest BCUT2D eigenvalue weighted by Gasteiger charge is 2.15. The van der Waals surface area contributed by atoms with Gasteiger partial charge in [-0.15, -0.1) is 0 Å². The normalized spacial score (nSPS) is 13.5. The Morgan fingerprint density at radius 1 is 1.32 bits per heavy atom. The Hall–Kier alpha value is -1.40. The lowest BCUT2D eigenvalue weighted by molar-refractivity contribution is 0.396. The van der Waals surface area contributed by atoms with Crippen molar-refractivity contribution >= 4 is 16.4 Å². The minimum Gasteiger partial charge on any atom is -0.362 e. The molecule has 1 aromatic rings. The standard InChI is InChI=1S/C16H27N3O2S/c1-5-6-11-17-13-19(4)15(3)12-18-22(20,21)16-9-7-14(2)8-10-16/h7-10,13,15,18H,5-6,11-12H2,1-4H3. The fourth-order valence-electron chi connectivity index (χ4n) is 1.72. The van der Waals surface area contributed by atoms with Gasteiger partial charge in [0.1, 0.15) is 0 Å². The minimum absolute atomic E-state index is 0.0330. The van der Waals surface area contributed by atoms with Crippen LogP contribution in [0.25, 0.3) is 0 Å². The Balaban J connectivity index is 2.53. The molecule has 0 aliphatic carbocycles. The summed E-state index contributed by atoms with van der Waals surface area (Å²) in [7, 11) is -1.55. The highest BCUT2D eigenvalue weighted by Crippen LogP contribution is 2.09. The molecule has 6 heteroatoms. The summed E-state index contributed by atoms with van der Waals surface area (Å²) < 4.78 is 27.1. The number of nitrogens with zero attached hydrogens (tertiary/aromatic N) is 2. The van der Waals surface area contributed by atoms with E-state index in [-0.39, 0.29) is 6.04 Å². The number of nitrogens with one attached hydrogen (secondary N) is 1. The van der Waals surface area contributed by atoms with Crippen LogP contribution in [0.5, 0.6) is 0 Å². The lowest BCUT2D eigenvalue weighted by atomic mass is 10.2. The van der Waals surface area contributed by atoms with Crippen molar-refractivity contribution in [1.29, 1.82) is 0 Å². The average molecular weight is 325 g/mol. The Labute approximate surface area is 134 Å². The molecule has 5 nitrogen and oxygen atoms in total. The summed E-state index contributed by atoms with van der Waals surface area (Å²) in [5.41, 5.74) is 1.04. The van der Waals surface area contributed by atoms with Crippen molar-refractivity contribution < 1.29 is 8.42 Å². The number of likely N-dealkylation sites (N-methyl/N-ethyl adjacent to an activating group) is 1. The fraction of sp³-hybridized carbons (Fsp3) is 0.562. The lowest BCUT2D eigenvalue weighted by Gasteiger charge is -2.22. The predicted molar refractivity (Wildman–Crippen MR) is 91.9 cm³/mol. The Kier molecular flexibility index (Phi) is 7.55. The lowest BCUT2D eigenvalue weighted by Crippen LogP contribution is -2.39. The maximum absolute atomic E-state index is 12.2. The van der Waals surface area contributed by atoms with E-state index in [9.17, 15) is 8.42 Å². The third kappa shape index (κ3) is 6.15. The summed E-state index contributed by atoms with van der Waals surface area (Å²) in [6.07, 6.45) is 3.96. The average Bonchev–Trinajstić information content (AvgIpc) is 2.49. The van der Waals surface area contributed by atoms with Crippen LogP contribution in [0.2, 0.25) is 0 Å². The number of rotatable bonds is 9. The van der Waals surface area contributed by atoms with E-state index in [0.29, 0.717) is 11.4 Å². The van der Waals surface area contributed by atoms with E-state index in [0.717, 1.165) is 24.9 Å². The smallest absolute Gasteiger partial charge is 0.240 e. The second-order valence-corrected chi connectivity index (χ2v) is 7.32. The van der Waals surface area contributed by atoms with Gasteiger partial charge in [0.2, 0.25) is 10.0 Å². The first-order valence-corrected chi connectivity index (χ1v) is 9.13. The number of hydrogen-bond donors (Lipinski definition) is 1. The topological polar surface area (TPSA) is 61.8 Å². The largest absolute Gasteiger partial charge is 0.362 e. The molecule has 1 atom stereocenters. The van der Waals surface area contributed by atoms with Crippen molar-refractivity contribution in [3.63, 3.8) is 0 Å². The molecule has 0 amide bonds. The molecule has 0 spiro atoms. The molecule has 1 unspecified atom stereocenters. The van der Waals surface area contributed by atoms with Crippen LogP contribution in [0.3, 0.4) is 0 Å². The predicted octanol–water partition coefficient (Wildman–Crippen LogP) is 2.42. The van der Waals surface area contributed by atoms with Crippen LogP contribution in [0.4, 0.5) is 0 Å². The van der Waals surface area contributed by atoms with Crippen LogP contribution < -0.4 is 4.72 Å². The molecule has 22 heavy (non-hydrogen) atoms. The van der Waals surface area contributed by atoms with Gasteiger partial charge in [0, 0.05) is 26.2 Å². The van der Waals surface area contributed by atoms with E-state index in [1.807, 2.05) is 25.8 Å². The molecule has 0 aliphatic heterocycles. The van der Waals surface area contributed by atoms with Crippen molar-refractivity contribution in [3.8, 4) is 0 Å². The Morgan fingerprint density at radius 2 is 1.95 bits per heavy atom. The summed E-state index contributed by atoms with van der Waals surface area (Å²) in [5.74, 6) is 0. The first-order chi connectivity index (χ1) is 10.4. The first-order valence-electron chi connectivity index (χ1n) is 7.65. The van der Waals surface area contributed by atoms with Gasteiger partial charge in [-0.3, -0.25) is 4.99 Å². The molecule has 0 heterocycles. The maximum Gasteiger partial charge on any atom is 0.240 e. The van der Waals surface area contributed by atoms with E-state index in [2.05, 4.69) is 16.6 Å². The zero-order chi connectivity index (χ0) is 16.6. The molecule has 124 valence electrons. The zero-order valence-electron chi connectivity index (χ0n) is 13.9. The summed E-state index contributed by atoms with van der Waals surface area (Å²) >= 11 is 0. The third-order valence-corrected chi connectivity index (χ3v) is 4.94. The van der Waals surface area contributed by atoms with E-state index in [4.69, 9.17) is 0 Å². The summed E-state index contributed by atoms with van der Waals surface area (Å²) in [6, 6.07) is 6.87. The molecule has 0 fully saturated rings. The van der Waals surface area contributed by atoms with Gasteiger partial charge in [0.15, 0.2) is 0 Å². The highest BCUT2D eigenvalue weighted by molar-refractivity contribution is 7.89. The van der Waals surface area contributed by atoms with Crippen LogP contribution in [0.15, 0.2) is 34.2 Å². The second-order valence-electron chi connectivity index (χ2n) is 5.55. The number of unbranched alkanes of at least 4 members (excludes halogenated alkanes) is 1. The van der Waals surface area contributed by atoms with Gasteiger partial charge < -0.3 is 4.90 Å². The van der Waals surface area contributed by atoms with Gasteiger partial charge in [-0.1, -0.05) is 31.0 Å². The van der Waals surface area contributed by atoms with Crippen molar-refractivity contribution in [2.45, 2.75) is 44.6 Å². The van der Waals surface area contributed by atoms with Crippen molar-refractivity contribution in [3.05, 3.63) is 29.8 Å². The SMILES string of the molecule is CCCCN=CN(C)C(C)CNS(=O)(=O)c1ccc(C)cc1. The van der Waals surface area contributed by atoms with Crippen molar-refractivity contribution in [2.75, 3.05) is 20.1 Å². The summed E-state index contributed by atoms with van der Waals surface area (Å²) in [4.78, 5) is 6.54. The van der Waals surface area contributed by atoms with E-state index < -0.39 is 10.0 Å². The summed E-state index contributed by atoms with van der Waals surface area (Å²) in [6.45, 7) is 7.17. The van der Waals surface area contributed by atoms with Crippen LogP contribution in [-0.4, -0.2) is 45.8 Å². The van der Waals surface area contributed by atoms with Crippen LogP contribution in [-0.2, 0) is 10.0 Å². The van der Waals surface area contributed by atoms with Gasteiger partial charge in [-0.05, 0) is 32.4 Å². The number of aliphatic imine (C=N–C) groups is 1. The van der Waals surface area contributed by atoms with E-state index >= 15 is 0 Å². The Bertz CT molecular complexity index is 568. The molecule has 0 radical (unpaired) electrons.